The van der Waals surface area contributed by atoms with E-state index in [4.69, 9.17) is 11.6 Å². The number of carbonyl (C=O) groups excluding carboxylic acids is 1. The average molecular weight is 380 g/mol. The summed E-state index contributed by atoms with van der Waals surface area (Å²) in [4.78, 5) is 11.7. The Kier molecular flexibility index (Phi) is 4.59. The SMILES string of the molecule is O=C(NCCCn1cc(Cl)cn1)c1[nH]ncc1I. The molecule has 2 heterocycles. The first kappa shape index (κ1) is 13.3. The summed E-state index contributed by atoms with van der Waals surface area (Å²) in [7, 11) is 0. The quantitative estimate of drug-likeness (QED) is 0.613. The van der Waals surface area contributed by atoms with Gasteiger partial charge in [-0.05, 0) is 29.0 Å². The molecule has 18 heavy (non-hydrogen) atoms. The highest BCUT2D eigenvalue weighted by atomic mass is 127. The van der Waals surface area contributed by atoms with Gasteiger partial charge in [0.1, 0.15) is 5.69 Å². The lowest BCUT2D eigenvalue weighted by atomic mass is 10.3. The first-order valence-corrected chi connectivity index (χ1v) is 6.77. The summed E-state index contributed by atoms with van der Waals surface area (Å²) in [5.74, 6) is -0.143. The van der Waals surface area contributed by atoms with E-state index in [2.05, 4.69) is 43.2 Å². The summed E-state index contributed by atoms with van der Waals surface area (Å²) < 4.78 is 2.55. The zero-order valence-electron chi connectivity index (χ0n) is 9.36. The maximum absolute atomic E-state index is 11.7. The summed E-state index contributed by atoms with van der Waals surface area (Å²) in [6.07, 6.45) is 5.74. The largest absolute Gasteiger partial charge is 0.351 e. The fourth-order valence-electron chi connectivity index (χ4n) is 1.42. The number of amides is 1. The number of aryl methyl sites for hydroxylation is 1. The number of aromatic nitrogens is 4. The van der Waals surface area contributed by atoms with Gasteiger partial charge in [0.05, 0.1) is 21.0 Å². The van der Waals surface area contributed by atoms with Crippen LogP contribution in [-0.2, 0) is 6.54 Å². The molecule has 0 spiro atoms. The Labute approximate surface area is 122 Å². The van der Waals surface area contributed by atoms with Crippen molar-refractivity contribution in [1.29, 1.82) is 0 Å². The minimum Gasteiger partial charge on any atom is -0.351 e. The standard InChI is InChI=1S/C10H11ClIN5O/c11-7-4-15-17(6-7)3-1-2-13-10(18)9-8(12)5-14-16-9/h4-6H,1-3H2,(H,13,18)(H,14,16). The van der Waals surface area contributed by atoms with Gasteiger partial charge >= 0.3 is 0 Å². The molecule has 1 amide bonds. The van der Waals surface area contributed by atoms with Crippen molar-refractivity contribution < 1.29 is 4.79 Å². The van der Waals surface area contributed by atoms with E-state index in [1.807, 2.05) is 0 Å². The van der Waals surface area contributed by atoms with Gasteiger partial charge in [0.15, 0.2) is 0 Å². The lowest BCUT2D eigenvalue weighted by Gasteiger charge is -2.04. The van der Waals surface area contributed by atoms with Crippen molar-refractivity contribution in [1.82, 2.24) is 25.3 Å². The van der Waals surface area contributed by atoms with Gasteiger partial charge in [-0.15, -0.1) is 0 Å². The molecule has 0 aliphatic heterocycles. The van der Waals surface area contributed by atoms with Crippen molar-refractivity contribution in [3.8, 4) is 0 Å². The van der Waals surface area contributed by atoms with Crippen LogP contribution in [-0.4, -0.2) is 32.4 Å². The van der Waals surface area contributed by atoms with E-state index in [-0.39, 0.29) is 5.91 Å². The Bertz CT molecular complexity index is 538. The van der Waals surface area contributed by atoms with Crippen molar-refractivity contribution in [2.45, 2.75) is 13.0 Å². The van der Waals surface area contributed by atoms with Crippen molar-refractivity contribution in [3.05, 3.63) is 32.9 Å². The molecular formula is C10H11ClIN5O. The van der Waals surface area contributed by atoms with Crippen LogP contribution >= 0.6 is 34.2 Å². The van der Waals surface area contributed by atoms with Gasteiger partial charge in [-0.25, -0.2) is 0 Å². The van der Waals surface area contributed by atoms with Gasteiger partial charge in [-0.2, -0.15) is 10.2 Å². The van der Waals surface area contributed by atoms with E-state index in [1.165, 1.54) is 0 Å². The molecule has 0 bridgehead atoms. The molecule has 0 radical (unpaired) electrons. The normalized spacial score (nSPS) is 10.6. The first-order chi connectivity index (χ1) is 8.66. The van der Waals surface area contributed by atoms with Gasteiger partial charge in [0.2, 0.25) is 0 Å². The van der Waals surface area contributed by atoms with Crippen LogP contribution in [0.2, 0.25) is 5.02 Å². The van der Waals surface area contributed by atoms with Crippen LogP contribution in [0.25, 0.3) is 0 Å². The van der Waals surface area contributed by atoms with Crippen molar-refractivity contribution >= 4 is 40.1 Å². The molecule has 8 heteroatoms. The number of hydrogen-bond acceptors (Lipinski definition) is 3. The summed E-state index contributed by atoms with van der Waals surface area (Å²) in [5, 5.41) is 13.9. The second kappa shape index (κ2) is 6.19. The minimum absolute atomic E-state index is 0.143. The van der Waals surface area contributed by atoms with E-state index in [0.717, 1.165) is 9.99 Å². The van der Waals surface area contributed by atoms with E-state index < -0.39 is 0 Å². The van der Waals surface area contributed by atoms with Crippen molar-refractivity contribution in [2.75, 3.05) is 6.54 Å². The molecule has 2 N–H and O–H groups in total. The number of rotatable bonds is 5. The van der Waals surface area contributed by atoms with Crippen LogP contribution in [0.5, 0.6) is 0 Å². The summed E-state index contributed by atoms with van der Waals surface area (Å²) in [6.45, 7) is 1.29. The van der Waals surface area contributed by atoms with Crippen LogP contribution in [0.4, 0.5) is 0 Å². The molecule has 0 unspecified atom stereocenters. The van der Waals surface area contributed by atoms with E-state index in [9.17, 15) is 4.79 Å². The minimum atomic E-state index is -0.143. The topological polar surface area (TPSA) is 75.6 Å². The van der Waals surface area contributed by atoms with Gasteiger partial charge in [-0.3, -0.25) is 14.6 Å². The smallest absolute Gasteiger partial charge is 0.270 e. The van der Waals surface area contributed by atoms with Gasteiger partial charge in [0, 0.05) is 19.3 Å². The zero-order valence-corrected chi connectivity index (χ0v) is 12.3. The highest BCUT2D eigenvalue weighted by Crippen LogP contribution is 2.07. The molecule has 0 saturated carbocycles. The number of H-pyrrole nitrogens is 1. The van der Waals surface area contributed by atoms with Crippen LogP contribution < -0.4 is 5.32 Å². The monoisotopic (exact) mass is 379 g/mol. The fraction of sp³-hybridized carbons (Fsp3) is 0.300. The summed E-state index contributed by atoms with van der Waals surface area (Å²) in [5.41, 5.74) is 0.498. The number of nitrogens with one attached hydrogen (secondary N) is 2. The highest BCUT2D eigenvalue weighted by Gasteiger charge is 2.10. The maximum Gasteiger partial charge on any atom is 0.270 e. The molecule has 0 aliphatic carbocycles. The van der Waals surface area contributed by atoms with E-state index >= 15 is 0 Å². The Morgan fingerprint density at radius 2 is 2.39 bits per heavy atom. The molecule has 0 atom stereocenters. The molecule has 96 valence electrons. The first-order valence-electron chi connectivity index (χ1n) is 5.32. The zero-order chi connectivity index (χ0) is 13.0. The Hall–Kier alpha value is -1.09. The number of carbonyl (C=O) groups is 1. The third kappa shape index (κ3) is 3.45. The molecule has 6 nitrogen and oxygen atoms in total. The highest BCUT2D eigenvalue weighted by molar-refractivity contribution is 14.1. The molecule has 0 aromatic carbocycles. The maximum atomic E-state index is 11.7. The Balaban J connectivity index is 1.73. The molecule has 2 aromatic rings. The van der Waals surface area contributed by atoms with E-state index in [0.29, 0.717) is 23.8 Å². The summed E-state index contributed by atoms with van der Waals surface area (Å²) in [6, 6.07) is 0. The predicted molar refractivity (Wildman–Crippen MR) is 75.5 cm³/mol. The van der Waals surface area contributed by atoms with Gasteiger partial charge in [0.25, 0.3) is 5.91 Å². The van der Waals surface area contributed by atoms with Crippen LogP contribution in [0, 0.1) is 3.57 Å². The van der Waals surface area contributed by atoms with Crippen molar-refractivity contribution in [2.24, 2.45) is 0 Å². The van der Waals surface area contributed by atoms with Gasteiger partial charge in [-0.1, -0.05) is 11.6 Å². The average Bonchev–Trinajstić information content (AvgIpc) is 2.93. The molecule has 2 aromatic heterocycles. The number of hydrogen-bond donors (Lipinski definition) is 2. The molecule has 0 saturated heterocycles. The Morgan fingerprint density at radius 1 is 1.56 bits per heavy atom. The van der Waals surface area contributed by atoms with Crippen molar-refractivity contribution in [3.63, 3.8) is 0 Å². The lowest BCUT2D eigenvalue weighted by Crippen LogP contribution is -2.26. The second-order valence-corrected chi connectivity index (χ2v) is 5.22. The third-order valence-corrected chi connectivity index (χ3v) is 3.28. The molecular weight excluding hydrogens is 369 g/mol. The lowest BCUT2D eigenvalue weighted by molar-refractivity contribution is 0.0946. The Morgan fingerprint density at radius 3 is 3.00 bits per heavy atom. The molecule has 0 aliphatic rings. The third-order valence-electron chi connectivity index (χ3n) is 2.27. The van der Waals surface area contributed by atoms with E-state index in [1.54, 1.807) is 23.3 Å². The summed E-state index contributed by atoms with van der Waals surface area (Å²) >= 11 is 7.80. The molecule has 2 rings (SSSR count). The van der Waals surface area contributed by atoms with Crippen LogP contribution in [0.3, 0.4) is 0 Å². The number of nitrogens with zero attached hydrogens (tertiary/aromatic N) is 3. The second-order valence-electron chi connectivity index (χ2n) is 3.62. The predicted octanol–water partition coefficient (Wildman–Crippen LogP) is 1.68. The van der Waals surface area contributed by atoms with Gasteiger partial charge < -0.3 is 5.32 Å². The number of aromatic amines is 1. The number of halogens is 2. The van der Waals surface area contributed by atoms with Crippen LogP contribution in [0.1, 0.15) is 16.9 Å². The van der Waals surface area contributed by atoms with Crippen LogP contribution in [0.15, 0.2) is 18.6 Å². The fourth-order valence-corrected chi connectivity index (χ4v) is 2.08. The molecule has 0 fully saturated rings.